The highest BCUT2D eigenvalue weighted by Gasteiger charge is 2.08. The maximum absolute atomic E-state index is 2.20. The van der Waals surface area contributed by atoms with E-state index in [1.165, 1.54) is 22.7 Å². The predicted molar refractivity (Wildman–Crippen MR) is 39.3 cm³/mol. The van der Waals surface area contributed by atoms with Crippen molar-refractivity contribution in [2.45, 2.75) is 13.8 Å². The maximum Gasteiger partial charge on any atom is 0.104 e. The first-order chi connectivity index (χ1) is 4.20. The van der Waals surface area contributed by atoms with E-state index in [4.69, 9.17) is 0 Å². The van der Waals surface area contributed by atoms with Crippen LogP contribution >= 0.6 is 0 Å². The third-order valence-electron chi connectivity index (χ3n) is 1.84. The second-order valence-electron chi connectivity index (χ2n) is 2.82. The lowest BCUT2D eigenvalue weighted by atomic mass is 10.2. The molecule has 0 aliphatic carbocycles. The smallest absolute Gasteiger partial charge is 0.104 e. The molecule has 1 unspecified atom stereocenters. The molecule has 0 aromatic carbocycles. The lowest BCUT2D eigenvalue weighted by Crippen LogP contribution is -3.07. The van der Waals surface area contributed by atoms with E-state index < -0.39 is 0 Å². The molecular weight excluding hydrogens is 110 g/mol. The van der Waals surface area contributed by atoms with Crippen LogP contribution in [0.15, 0.2) is 23.4 Å². The first-order valence-corrected chi connectivity index (χ1v) is 3.37. The third kappa shape index (κ3) is 1.42. The zero-order valence-corrected chi connectivity index (χ0v) is 6.36. The van der Waals surface area contributed by atoms with Gasteiger partial charge in [-0.05, 0) is 18.6 Å². The van der Waals surface area contributed by atoms with Gasteiger partial charge in [0.15, 0.2) is 0 Å². The molecule has 1 rings (SSSR count). The molecule has 0 spiro atoms. The summed E-state index contributed by atoms with van der Waals surface area (Å²) in [7, 11) is 2.20. The molecule has 1 atom stereocenters. The fourth-order valence-electron chi connectivity index (χ4n) is 1.03. The zero-order valence-electron chi connectivity index (χ0n) is 6.36. The van der Waals surface area contributed by atoms with Gasteiger partial charge in [-0.15, -0.1) is 0 Å². The number of hydrogen-bond acceptors (Lipinski definition) is 0. The molecular formula is C8H14N+. The molecule has 50 valence electrons. The van der Waals surface area contributed by atoms with Gasteiger partial charge in [-0.25, -0.2) is 0 Å². The van der Waals surface area contributed by atoms with Gasteiger partial charge in [0.1, 0.15) is 12.2 Å². The molecule has 0 radical (unpaired) electrons. The fourth-order valence-corrected chi connectivity index (χ4v) is 1.03. The Labute approximate surface area is 56.7 Å². The van der Waals surface area contributed by atoms with Crippen molar-refractivity contribution in [1.29, 1.82) is 0 Å². The summed E-state index contributed by atoms with van der Waals surface area (Å²) < 4.78 is 0. The standard InChI is InChI=1S/C8H13N/c1-7-4-5-8(2)9(3)6-7/h4-5H,6H2,1-3H3/p+1. The van der Waals surface area contributed by atoms with Gasteiger partial charge in [0.2, 0.25) is 0 Å². The molecule has 0 saturated carbocycles. The molecule has 1 N–H and O–H groups in total. The molecule has 0 amide bonds. The van der Waals surface area contributed by atoms with Gasteiger partial charge < -0.3 is 4.90 Å². The fraction of sp³-hybridized carbons (Fsp3) is 0.500. The first-order valence-electron chi connectivity index (χ1n) is 3.37. The summed E-state index contributed by atoms with van der Waals surface area (Å²) in [5.74, 6) is 0. The Morgan fingerprint density at radius 3 is 2.44 bits per heavy atom. The van der Waals surface area contributed by atoms with Crippen LogP contribution in [-0.4, -0.2) is 13.6 Å². The molecule has 1 nitrogen and oxygen atoms in total. The summed E-state index contributed by atoms with van der Waals surface area (Å²) >= 11 is 0. The van der Waals surface area contributed by atoms with Gasteiger partial charge in [0.25, 0.3) is 0 Å². The first kappa shape index (κ1) is 6.56. The number of allylic oxidation sites excluding steroid dienone is 3. The van der Waals surface area contributed by atoms with E-state index in [0.29, 0.717) is 0 Å². The van der Waals surface area contributed by atoms with Crippen molar-refractivity contribution < 1.29 is 4.90 Å². The third-order valence-corrected chi connectivity index (χ3v) is 1.84. The number of rotatable bonds is 0. The molecule has 1 aliphatic heterocycles. The van der Waals surface area contributed by atoms with Crippen molar-refractivity contribution in [2.24, 2.45) is 0 Å². The Balaban J connectivity index is 2.74. The minimum absolute atomic E-state index is 1.17. The van der Waals surface area contributed by atoms with E-state index in [0.717, 1.165) is 0 Å². The average molecular weight is 124 g/mol. The minimum atomic E-state index is 1.17. The molecule has 1 heteroatoms. The van der Waals surface area contributed by atoms with Gasteiger partial charge in [0, 0.05) is 6.92 Å². The molecule has 0 saturated heterocycles. The summed E-state index contributed by atoms with van der Waals surface area (Å²) in [6.07, 6.45) is 4.39. The molecule has 9 heavy (non-hydrogen) atoms. The van der Waals surface area contributed by atoms with E-state index in [1.807, 2.05) is 0 Å². The van der Waals surface area contributed by atoms with Gasteiger partial charge in [-0.3, -0.25) is 0 Å². The van der Waals surface area contributed by atoms with E-state index in [9.17, 15) is 0 Å². The van der Waals surface area contributed by atoms with E-state index in [-0.39, 0.29) is 0 Å². The maximum atomic E-state index is 2.20. The van der Waals surface area contributed by atoms with Crippen molar-refractivity contribution in [2.75, 3.05) is 13.6 Å². The summed E-state index contributed by atoms with van der Waals surface area (Å²) in [4.78, 5) is 1.51. The van der Waals surface area contributed by atoms with Crippen molar-refractivity contribution in [3.8, 4) is 0 Å². The zero-order chi connectivity index (χ0) is 6.85. The Hall–Kier alpha value is -0.560. The highest BCUT2D eigenvalue weighted by Crippen LogP contribution is 1.95. The van der Waals surface area contributed by atoms with Crippen molar-refractivity contribution >= 4 is 0 Å². The average Bonchev–Trinajstić information content (AvgIpc) is 1.80. The van der Waals surface area contributed by atoms with Crippen LogP contribution in [0.2, 0.25) is 0 Å². The van der Waals surface area contributed by atoms with Crippen LogP contribution in [0.1, 0.15) is 13.8 Å². The van der Waals surface area contributed by atoms with Crippen LogP contribution < -0.4 is 4.90 Å². The lowest BCUT2D eigenvalue weighted by Gasteiger charge is -2.16. The predicted octanol–water partition coefficient (Wildman–Crippen LogP) is 0.365. The highest BCUT2D eigenvalue weighted by molar-refractivity contribution is 5.15. The minimum Gasteiger partial charge on any atom is -0.305 e. The Morgan fingerprint density at radius 1 is 1.33 bits per heavy atom. The summed E-state index contributed by atoms with van der Waals surface area (Å²) in [6, 6.07) is 0. The summed E-state index contributed by atoms with van der Waals surface area (Å²) in [6.45, 7) is 5.51. The highest BCUT2D eigenvalue weighted by atomic mass is 15.1. The van der Waals surface area contributed by atoms with Crippen LogP contribution in [0.5, 0.6) is 0 Å². The van der Waals surface area contributed by atoms with E-state index >= 15 is 0 Å². The van der Waals surface area contributed by atoms with Crippen LogP contribution in [0.3, 0.4) is 0 Å². The van der Waals surface area contributed by atoms with E-state index in [2.05, 4.69) is 33.0 Å². The normalized spacial score (nSPS) is 27.2. The Bertz CT molecular complexity index is 165. The Morgan fingerprint density at radius 2 is 2.00 bits per heavy atom. The molecule has 1 heterocycles. The van der Waals surface area contributed by atoms with E-state index in [1.54, 1.807) is 0 Å². The van der Waals surface area contributed by atoms with Crippen LogP contribution in [0.4, 0.5) is 0 Å². The SMILES string of the molecule is CC1=CC=C(C)[NH+](C)C1. The lowest BCUT2D eigenvalue weighted by molar-refractivity contribution is -0.834. The topological polar surface area (TPSA) is 4.44 Å². The summed E-state index contributed by atoms with van der Waals surface area (Å²) in [5.41, 5.74) is 2.90. The van der Waals surface area contributed by atoms with Crippen LogP contribution in [-0.2, 0) is 0 Å². The van der Waals surface area contributed by atoms with Gasteiger partial charge >= 0.3 is 0 Å². The summed E-state index contributed by atoms with van der Waals surface area (Å²) in [5, 5.41) is 0. The largest absolute Gasteiger partial charge is 0.305 e. The van der Waals surface area contributed by atoms with Gasteiger partial charge in [-0.2, -0.15) is 0 Å². The molecule has 0 aromatic heterocycles. The van der Waals surface area contributed by atoms with Crippen molar-refractivity contribution in [1.82, 2.24) is 0 Å². The Kier molecular flexibility index (Phi) is 1.72. The van der Waals surface area contributed by atoms with Gasteiger partial charge in [-0.1, -0.05) is 6.08 Å². The second kappa shape index (κ2) is 2.36. The quantitative estimate of drug-likeness (QED) is 0.476. The monoisotopic (exact) mass is 124 g/mol. The van der Waals surface area contributed by atoms with Crippen molar-refractivity contribution in [3.05, 3.63) is 23.4 Å². The number of hydrogen-bond donors (Lipinski definition) is 1. The van der Waals surface area contributed by atoms with Crippen LogP contribution in [0, 0.1) is 0 Å². The molecule has 0 fully saturated rings. The molecule has 0 bridgehead atoms. The molecule has 1 aliphatic rings. The van der Waals surface area contributed by atoms with Gasteiger partial charge in [0.05, 0.1) is 7.05 Å². The number of likely N-dealkylation sites (N-methyl/N-ethyl adjacent to an activating group) is 1. The number of quaternary nitrogens is 1. The number of nitrogens with one attached hydrogen (secondary N) is 1. The van der Waals surface area contributed by atoms with Crippen LogP contribution in [0.25, 0.3) is 0 Å². The molecule has 0 aromatic rings. The van der Waals surface area contributed by atoms with Crippen molar-refractivity contribution in [3.63, 3.8) is 0 Å². The second-order valence-corrected chi connectivity index (χ2v) is 2.82.